The molecule has 1 aromatic carbocycles. The molecule has 2 fully saturated rings. The highest BCUT2D eigenvalue weighted by Gasteiger charge is 2.26. The van der Waals surface area contributed by atoms with Gasteiger partial charge in [0.05, 0.1) is 23.0 Å². The monoisotopic (exact) mass is 396 g/mol. The third kappa shape index (κ3) is 4.09. The summed E-state index contributed by atoms with van der Waals surface area (Å²) in [7, 11) is 0. The molecule has 1 N–H and O–H groups in total. The lowest BCUT2D eigenvalue weighted by molar-refractivity contribution is 0.171. The van der Waals surface area contributed by atoms with Crippen molar-refractivity contribution in [3.8, 4) is 0 Å². The van der Waals surface area contributed by atoms with Crippen molar-refractivity contribution in [3.63, 3.8) is 0 Å². The van der Waals surface area contributed by atoms with Crippen LogP contribution < -0.4 is 10.2 Å². The van der Waals surface area contributed by atoms with Crippen LogP contribution in [0.15, 0.2) is 47.1 Å². The normalized spacial score (nSPS) is 22.1. The molecule has 0 bridgehead atoms. The van der Waals surface area contributed by atoms with Crippen LogP contribution in [0.1, 0.15) is 31.4 Å². The number of para-hydroxylation sites is 1. The minimum Gasteiger partial charge on any atom is -0.468 e. The van der Waals surface area contributed by atoms with Crippen LogP contribution in [0.5, 0.6) is 0 Å². The number of hydrogen-bond acceptors (Lipinski definition) is 6. The van der Waals surface area contributed by atoms with E-state index in [4.69, 9.17) is 9.40 Å². The molecule has 5 rings (SSSR count). The first kappa shape index (κ1) is 18.2. The van der Waals surface area contributed by atoms with Crippen LogP contribution in [-0.2, 0) is 6.54 Å². The molecular formula is C22H28N4OS. The number of thiazole rings is 1. The lowest BCUT2D eigenvalue weighted by Gasteiger charge is -2.38. The van der Waals surface area contributed by atoms with Gasteiger partial charge in [0, 0.05) is 38.3 Å². The molecule has 3 aromatic rings. The first-order valence-electron chi connectivity index (χ1n) is 10.4. The Morgan fingerprint density at radius 1 is 1.04 bits per heavy atom. The molecule has 1 unspecified atom stereocenters. The third-order valence-electron chi connectivity index (χ3n) is 5.99. The van der Waals surface area contributed by atoms with Crippen LogP contribution in [0.4, 0.5) is 5.13 Å². The largest absolute Gasteiger partial charge is 0.468 e. The van der Waals surface area contributed by atoms with E-state index in [-0.39, 0.29) is 0 Å². The number of likely N-dealkylation sites (tertiary alicyclic amines) is 1. The van der Waals surface area contributed by atoms with Crippen LogP contribution in [-0.4, -0.2) is 48.1 Å². The molecule has 1 atom stereocenters. The molecule has 5 nitrogen and oxygen atoms in total. The van der Waals surface area contributed by atoms with Gasteiger partial charge in [0.1, 0.15) is 5.76 Å². The maximum absolute atomic E-state index is 5.49. The Morgan fingerprint density at radius 2 is 1.93 bits per heavy atom. The highest BCUT2D eigenvalue weighted by molar-refractivity contribution is 7.22. The summed E-state index contributed by atoms with van der Waals surface area (Å²) >= 11 is 1.83. The summed E-state index contributed by atoms with van der Waals surface area (Å²) < 4.78 is 6.78. The Bertz CT molecular complexity index is 852. The topological polar surface area (TPSA) is 44.5 Å². The fourth-order valence-electron chi connectivity index (χ4n) is 4.50. The zero-order valence-electron chi connectivity index (χ0n) is 16.2. The Balaban J connectivity index is 1.14. The molecule has 0 radical (unpaired) electrons. The van der Waals surface area contributed by atoms with E-state index in [1.807, 2.05) is 17.4 Å². The second kappa shape index (κ2) is 8.23. The van der Waals surface area contributed by atoms with E-state index >= 15 is 0 Å². The summed E-state index contributed by atoms with van der Waals surface area (Å²) in [5.41, 5.74) is 1.13. The van der Waals surface area contributed by atoms with Gasteiger partial charge in [-0.05, 0) is 49.9 Å². The van der Waals surface area contributed by atoms with Crippen molar-refractivity contribution in [1.29, 1.82) is 0 Å². The predicted molar refractivity (Wildman–Crippen MR) is 115 cm³/mol. The summed E-state index contributed by atoms with van der Waals surface area (Å²) in [5.74, 6) is 1.07. The third-order valence-corrected chi connectivity index (χ3v) is 7.09. The minimum atomic E-state index is 0.572. The lowest BCUT2D eigenvalue weighted by Crippen LogP contribution is -2.52. The van der Waals surface area contributed by atoms with Gasteiger partial charge >= 0.3 is 0 Å². The molecule has 2 saturated heterocycles. The van der Waals surface area contributed by atoms with Crippen molar-refractivity contribution in [1.82, 2.24) is 15.2 Å². The van der Waals surface area contributed by atoms with E-state index in [2.05, 4.69) is 45.4 Å². The van der Waals surface area contributed by atoms with Crippen LogP contribution in [0, 0.1) is 0 Å². The Hall–Kier alpha value is -1.89. The molecule has 2 aliphatic rings. The molecule has 0 amide bonds. The quantitative estimate of drug-likeness (QED) is 0.703. The number of piperidine rings is 2. The Kier molecular flexibility index (Phi) is 5.34. The van der Waals surface area contributed by atoms with Gasteiger partial charge in [-0.1, -0.05) is 23.5 Å². The summed E-state index contributed by atoms with van der Waals surface area (Å²) in [6.07, 6.45) is 6.72. The number of furan rings is 1. The molecule has 2 aromatic heterocycles. The van der Waals surface area contributed by atoms with Crippen molar-refractivity contribution in [2.24, 2.45) is 0 Å². The van der Waals surface area contributed by atoms with Crippen LogP contribution in [0.25, 0.3) is 10.2 Å². The summed E-state index contributed by atoms with van der Waals surface area (Å²) in [6.45, 7) is 5.43. The van der Waals surface area contributed by atoms with Crippen LogP contribution in [0.3, 0.4) is 0 Å². The number of hydrogen-bond donors (Lipinski definition) is 1. The molecule has 148 valence electrons. The first-order chi connectivity index (χ1) is 13.8. The Morgan fingerprint density at radius 3 is 2.75 bits per heavy atom. The highest BCUT2D eigenvalue weighted by Crippen LogP contribution is 2.30. The van der Waals surface area contributed by atoms with Crippen molar-refractivity contribution in [3.05, 3.63) is 48.4 Å². The average Bonchev–Trinajstić information content (AvgIpc) is 3.39. The molecule has 0 spiro atoms. The molecular weight excluding hydrogens is 368 g/mol. The lowest BCUT2D eigenvalue weighted by atomic mass is 10.00. The average molecular weight is 397 g/mol. The standard InChI is InChI=1S/C22H28N4OS/c1-2-8-21-20(7-1)24-22(28-21)26-11-3-5-18(15-26)23-17-9-12-25(13-10-17)16-19-6-4-14-27-19/h1-2,4,6-8,14,17-18,23H,3,5,9-13,15-16H2. The van der Waals surface area contributed by atoms with Crippen molar-refractivity contribution in [2.75, 3.05) is 31.1 Å². The summed E-state index contributed by atoms with van der Waals surface area (Å²) in [6, 6.07) is 13.7. The van der Waals surface area contributed by atoms with Gasteiger partial charge < -0.3 is 14.6 Å². The van der Waals surface area contributed by atoms with Crippen molar-refractivity contribution < 1.29 is 4.42 Å². The summed E-state index contributed by atoms with van der Waals surface area (Å²) in [4.78, 5) is 9.85. The molecule has 4 heterocycles. The van der Waals surface area contributed by atoms with Gasteiger partial charge in [0.15, 0.2) is 5.13 Å². The second-order valence-corrected chi connectivity index (χ2v) is 9.05. The van der Waals surface area contributed by atoms with Gasteiger partial charge in [0.2, 0.25) is 0 Å². The molecule has 0 saturated carbocycles. The molecule has 6 heteroatoms. The van der Waals surface area contributed by atoms with E-state index in [0.717, 1.165) is 44.0 Å². The van der Waals surface area contributed by atoms with Crippen LogP contribution >= 0.6 is 11.3 Å². The number of anilines is 1. The van der Waals surface area contributed by atoms with E-state index < -0.39 is 0 Å². The van der Waals surface area contributed by atoms with Gasteiger partial charge in [-0.2, -0.15) is 0 Å². The number of fused-ring (bicyclic) bond motifs is 1. The number of aromatic nitrogens is 1. The molecule has 2 aliphatic heterocycles. The van der Waals surface area contributed by atoms with E-state index in [9.17, 15) is 0 Å². The second-order valence-electron chi connectivity index (χ2n) is 8.05. The smallest absolute Gasteiger partial charge is 0.186 e. The predicted octanol–water partition coefficient (Wildman–Crippen LogP) is 4.11. The number of nitrogens with one attached hydrogen (secondary N) is 1. The van der Waals surface area contributed by atoms with Crippen molar-refractivity contribution >= 4 is 26.7 Å². The fourth-order valence-corrected chi connectivity index (χ4v) is 5.50. The number of rotatable bonds is 5. The fraction of sp³-hybridized carbons (Fsp3) is 0.500. The molecule has 28 heavy (non-hydrogen) atoms. The maximum Gasteiger partial charge on any atom is 0.186 e. The van der Waals surface area contributed by atoms with Crippen molar-refractivity contribution in [2.45, 2.75) is 44.3 Å². The SMILES string of the molecule is c1coc(CN2CCC(NC3CCCN(c4nc5ccccc5s4)C3)CC2)c1. The zero-order valence-corrected chi connectivity index (χ0v) is 17.0. The van der Waals surface area contributed by atoms with Gasteiger partial charge in [-0.25, -0.2) is 4.98 Å². The highest BCUT2D eigenvalue weighted by atomic mass is 32.1. The van der Waals surface area contributed by atoms with E-state index in [1.54, 1.807) is 6.26 Å². The number of nitrogens with zero attached hydrogens (tertiary/aromatic N) is 3. The Labute approximate surface area is 170 Å². The van der Waals surface area contributed by atoms with E-state index in [0.29, 0.717) is 12.1 Å². The maximum atomic E-state index is 5.49. The van der Waals surface area contributed by atoms with Crippen LogP contribution in [0.2, 0.25) is 0 Å². The first-order valence-corrected chi connectivity index (χ1v) is 11.3. The molecule has 0 aliphatic carbocycles. The summed E-state index contributed by atoms with van der Waals surface area (Å²) in [5, 5.41) is 5.14. The zero-order chi connectivity index (χ0) is 18.8. The van der Waals surface area contributed by atoms with E-state index in [1.165, 1.54) is 35.5 Å². The number of benzene rings is 1. The van der Waals surface area contributed by atoms with Gasteiger partial charge in [-0.15, -0.1) is 0 Å². The minimum absolute atomic E-state index is 0.572. The van der Waals surface area contributed by atoms with Gasteiger partial charge in [-0.3, -0.25) is 4.90 Å². The van der Waals surface area contributed by atoms with Gasteiger partial charge in [0.25, 0.3) is 0 Å².